The number of phenols is 1. The molecule has 0 bridgehead atoms. The highest BCUT2D eigenvalue weighted by Gasteiger charge is 2.24. The number of hydrogen-bond acceptors (Lipinski definition) is 7. The van der Waals surface area contributed by atoms with Crippen LogP contribution in [0, 0.1) is 0 Å². The summed E-state index contributed by atoms with van der Waals surface area (Å²) in [5, 5.41) is 32.2. The van der Waals surface area contributed by atoms with E-state index >= 15 is 0 Å². The largest absolute Gasteiger partial charge is 0.508 e. The van der Waals surface area contributed by atoms with Crippen LogP contribution in [0.15, 0.2) is 18.2 Å². The van der Waals surface area contributed by atoms with Crippen molar-refractivity contribution < 1.29 is 34.4 Å². The van der Waals surface area contributed by atoms with Gasteiger partial charge in [0.2, 0.25) is 0 Å². The molecule has 0 radical (unpaired) electrons. The van der Waals surface area contributed by atoms with Gasteiger partial charge in [-0.25, -0.2) is 9.59 Å². The Hall–Kier alpha value is -2.32. The molecular weight excluding hydrogens is 318 g/mol. The first-order valence-corrected chi connectivity index (χ1v) is 7.29. The minimum atomic E-state index is -1.47. The number of benzene rings is 1. The van der Waals surface area contributed by atoms with E-state index in [-0.39, 0.29) is 23.4 Å². The number of nitrogens with one attached hydrogen (secondary N) is 1. The Morgan fingerprint density at radius 1 is 1.25 bits per heavy atom. The molecule has 0 heterocycles. The van der Waals surface area contributed by atoms with E-state index in [4.69, 9.17) is 4.74 Å². The van der Waals surface area contributed by atoms with Crippen LogP contribution >= 0.6 is 0 Å². The summed E-state index contributed by atoms with van der Waals surface area (Å²) in [5.41, 5.74) is -0.566. The zero-order chi connectivity index (χ0) is 18.5. The molecule has 24 heavy (non-hydrogen) atoms. The molecule has 0 fully saturated rings. The monoisotopic (exact) mass is 341 g/mol. The second-order valence-electron chi connectivity index (χ2n) is 6.16. The summed E-state index contributed by atoms with van der Waals surface area (Å²) in [5.74, 6) is -1.01. The number of phenolic OH excluding ortho intramolecular Hbond substituents is 1. The van der Waals surface area contributed by atoms with Gasteiger partial charge in [-0.2, -0.15) is 0 Å². The van der Waals surface area contributed by atoms with E-state index in [9.17, 15) is 24.9 Å². The maximum Gasteiger partial charge on any atom is 0.407 e. The van der Waals surface area contributed by atoms with Crippen LogP contribution in [0.3, 0.4) is 0 Å². The molecule has 0 aliphatic carbocycles. The van der Waals surface area contributed by atoms with Crippen LogP contribution in [0.5, 0.6) is 5.75 Å². The molecule has 1 aromatic carbocycles. The van der Waals surface area contributed by atoms with Crippen molar-refractivity contribution in [3.05, 3.63) is 29.3 Å². The van der Waals surface area contributed by atoms with Gasteiger partial charge in [-0.15, -0.1) is 0 Å². The SMILES string of the molecule is COC(=O)c1ccc(C(O)C(O)CNC(=O)OC(C)(C)C)c(O)c1. The molecule has 0 aliphatic heterocycles. The van der Waals surface area contributed by atoms with Crippen molar-refractivity contribution in [2.24, 2.45) is 0 Å². The standard InChI is InChI=1S/C16H23NO7/c1-16(2,3)24-15(22)17-8-12(19)13(20)10-6-5-9(7-11(10)18)14(21)23-4/h5-7,12-13,18-20H,8H2,1-4H3,(H,17,22). The Kier molecular flexibility index (Phi) is 6.56. The van der Waals surface area contributed by atoms with Gasteiger partial charge in [0.25, 0.3) is 0 Å². The topological polar surface area (TPSA) is 125 Å². The van der Waals surface area contributed by atoms with Crippen LogP contribution in [-0.2, 0) is 9.47 Å². The second-order valence-corrected chi connectivity index (χ2v) is 6.16. The summed E-state index contributed by atoms with van der Waals surface area (Å²) >= 11 is 0. The summed E-state index contributed by atoms with van der Waals surface area (Å²) in [7, 11) is 1.20. The van der Waals surface area contributed by atoms with E-state index in [0.29, 0.717) is 0 Å². The van der Waals surface area contributed by atoms with Crippen LogP contribution < -0.4 is 5.32 Å². The molecular formula is C16H23NO7. The Bertz CT molecular complexity index is 595. The Morgan fingerprint density at radius 3 is 2.38 bits per heavy atom. The Morgan fingerprint density at radius 2 is 1.88 bits per heavy atom. The lowest BCUT2D eigenvalue weighted by atomic mass is 10.0. The maximum atomic E-state index is 11.5. The van der Waals surface area contributed by atoms with Gasteiger partial charge < -0.3 is 30.1 Å². The third-order valence-electron chi connectivity index (χ3n) is 2.99. The third kappa shape index (κ3) is 5.71. The smallest absolute Gasteiger partial charge is 0.407 e. The van der Waals surface area contributed by atoms with Crippen molar-refractivity contribution >= 4 is 12.1 Å². The minimum Gasteiger partial charge on any atom is -0.508 e. The van der Waals surface area contributed by atoms with Gasteiger partial charge >= 0.3 is 12.1 Å². The van der Waals surface area contributed by atoms with Crippen LogP contribution in [-0.4, -0.2) is 52.7 Å². The van der Waals surface area contributed by atoms with E-state index < -0.39 is 29.9 Å². The van der Waals surface area contributed by atoms with Gasteiger partial charge in [0.05, 0.1) is 12.7 Å². The summed E-state index contributed by atoms with van der Waals surface area (Å²) in [6, 6.07) is 3.76. The van der Waals surface area contributed by atoms with E-state index in [2.05, 4.69) is 10.1 Å². The Labute approximate surface area is 140 Å². The van der Waals surface area contributed by atoms with Gasteiger partial charge in [0.1, 0.15) is 23.6 Å². The predicted octanol–water partition coefficient (Wildman–Crippen LogP) is 1.10. The van der Waals surface area contributed by atoms with Crippen LogP contribution in [0.2, 0.25) is 0 Å². The number of ether oxygens (including phenoxy) is 2. The number of rotatable bonds is 5. The lowest BCUT2D eigenvalue weighted by Crippen LogP contribution is -2.38. The van der Waals surface area contributed by atoms with Gasteiger partial charge in [-0.3, -0.25) is 0 Å². The number of aliphatic hydroxyl groups is 2. The number of alkyl carbamates (subject to hydrolysis) is 1. The van der Waals surface area contributed by atoms with E-state index in [1.54, 1.807) is 20.8 Å². The van der Waals surface area contributed by atoms with Gasteiger partial charge in [0, 0.05) is 12.1 Å². The highest BCUT2D eigenvalue weighted by Crippen LogP contribution is 2.27. The fourth-order valence-electron chi connectivity index (χ4n) is 1.86. The highest BCUT2D eigenvalue weighted by atomic mass is 16.6. The maximum absolute atomic E-state index is 11.5. The first-order valence-electron chi connectivity index (χ1n) is 7.29. The average molecular weight is 341 g/mol. The summed E-state index contributed by atoms with van der Waals surface area (Å²) in [6.07, 6.45) is -3.59. The molecule has 4 N–H and O–H groups in total. The fourth-order valence-corrected chi connectivity index (χ4v) is 1.86. The molecule has 2 unspecified atom stereocenters. The van der Waals surface area contributed by atoms with Crippen molar-refractivity contribution in [1.82, 2.24) is 5.32 Å². The third-order valence-corrected chi connectivity index (χ3v) is 2.99. The first kappa shape index (κ1) is 19.7. The number of carbonyl (C=O) groups excluding carboxylic acids is 2. The fraction of sp³-hybridized carbons (Fsp3) is 0.500. The molecule has 0 spiro atoms. The van der Waals surface area contributed by atoms with E-state index in [0.717, 1.165) is 6.07 Å². The molecule has 8 nitrogen and oxygen atoms in total. The van der Waals surface area contributed by atoms with Crippen LogP contribution in [0.4, 0.5) is 4.79 Å². The molecule has 134 valence electrons. The predicted molar refractivity (Wildman–Crippen MR) is 84.6 cm³/mol. The Balaban J connectivity index is 2.70. The number of esters is 1. The van der Waals surface area contributed by atoms with E-state index in [1.165, 1.54) is 19.2 Å². The number of aliphatic hydroxyl groups excluding tert-OH is 2. The highest BCUT2D eigenvalue weighted by molar-refractivity contribution is 5.89. The quantitative estimate of drug-likeness (QED) is 0.591. The molecule has 0 saturated carbocycles. The lowest BCUT2D eigenvalue weighted by molar-refractivity contribution is 0.0119. The molecule has 2 atom stereocenters. The van der Waals surface area contributed by atoms with Crippen molar-refractivity contribution in [2.45, 2.75) is 38.6 Å². The number of aromatic hydroxyl groups is 1. The number of carbonyl (C=O) groups is 2. The lowest BCUT2D eigenvalue weighted by Gasteiger charge is -2.22. The number of hydrogen-bond donors (Lipinski definition) is 4. The zero-order valence-corrected chi connectivity index (χ0v) is 14.1. The first-order chi connectivity index (χ1) is 11.0. The van der Waals surface area contributed by atoms with Gasteiger partial charge in [0.15, 0.2) is 0 Å². The van der Waals surface area contributed by atoms with Crippen molar-refractivity contribution in [3.8, 4) is 5.75 Å². The van der Waals surface area contributed by atoms with E-state index in [1.807, 2.05) is 0 Å². The zero-order valence-electron chi connectivity index (χ0n) is 14.1. The molecule has 8 heteroatoms. The molecule has 1 aromatic rings. The van der Waals surface area contributed by atoms with Crippen LogP contribution in [0.25, 0.3) is 0 Å². The van der Waals surface area contributed by atoms with Crippen molar-refractivity contribution in [2.75, 3.05) is 13.7 Å². The molecule has 0 aliphatic rings. The van der Waals surface area contributed by atoms with Crippen molar-refractivity contribution in [1.29, 1.82) is 0 Å². The molecule has 0 saturated heterocycles. The molecule has 0 aromatic heterocycles. The van der Waals surface area contributed by atoms with Gasteiger partial charge in [-0.05, 0) is 32.9 Å². The summed E-state index contributed by atoms with van der Waals surface area (Å²) in [4.78, 5) is 22.9. The molecule has 1 rings (SSSR count). The summed E-state index contributed by atoms with van der Waals surface area (Å²) < 4.78 is 9.53. The van der Waals surface area contributed by atoms with Crippen LogP contribution in [0.1, 0.15) is 42.8 Å². The number of amides is 1. The normalized spacial score (nSPS) is 13.8. The number of methoxy groups -OCH3 is 1. The summed E-state index contributed by atoms with van der Waals surface area (Å²) in [6.45, 7) is 4.80. The minimum absolute atomic E-state index is 0.0149. The average Bonchev–Trinajstić information content (AvgIpc) is 2.49. The van der Waals surface area contributed by atoms with Crippen molar-refractivity contribution in [3.63, 3.8) is 0 Å². The second kappa shape index (κ2) is 7.98. The van der Waals surface area contributed by atoms with Gasteiger partial charge in [-0.1, -0.05) is 6.07 Å². The molecule has 1 amide bonds.